The first-order valence-corrected chi connectivity index (χ1v) is 8.78. The van der Waals surface area contributed by atoms with Gasteiger partial charge < -0.3 is 4.90 Å². The summed E-state index contributed by atoms with van der Waals surface area (Å²) in [6.07, 6.45) is 1.78. The van der Waals surface area contributed by atoms with Gasteiger partial charge in [0.25, 0.3) is 0 Å². The van der Waals surface area contributed by atoms with E-state index in [2.05, 4.69) is 26.5 Å². The zero-order valence-corrected chi connectivity index (χ0v) is 15.4. The van der Waals surface area contributed by atoms with E-state index in [0.717, 1.165) is 21.3 Å². The van der Waals surface area contributed by atoms with Crippen molar-refractivity contribution in [1.82, 2.24) is 5.43 Å². The monoisotopic (exact) mass is 399 g/mol. The molecular weight excluding hydrogens is 382 g/mol. The minimum Gasteiger partial charge on any atom is -0.312 e. The van der Waals surface area contributed by atoms with Crippen LogP contribution in [-0.2, 0) is 9.59 Å². The Morgan fingerprint density at radius 2 is 2.04 bits per heavy atom. The third kappa shape index (κ3) is 4.33. The van der Waals surface area contributed by atoms with E-state index in [-0.39, 0.29) is 18.2 Å². The molecule has 0 aliphatic carbocycles. The SMILES string of the molecule is Cc1ccc(N2C[C@H](C(=O)N/N=C\c3cccc(Br)c3)CC2=O)cc1. The van der Waals surface area contributed by atoms with Gasteiger partial charge in [-0.15, -0.1) is 0 Å². The average molecular weight is 400 g/mol. The molecule has 1 saturated heterocycles. The third-order valence-corrected chi connectivity index (χ3v) is 4.57. The topological polar surface area (TPSA) is 61.8 Å². The van der Waals surface area contributed by atoms with Gasteiger partial charge in [0.1, 0.15) is 0 Å². The molecule has 1 aliphatic heterocycles. The van der Waals surface area contributed by atoms with Crippen molar-refractivity contribution in [1.29, 1.82) is 0 Å². The zero-order chi connectivity index (χ0) is 17.8. The number of aryl methyl sites for hydroxylation is 1. The van der Waals surface area contributed by atoms with Crippen LogP contribution in [0.25, 0.3) is 0 Å². The lowest BCUT2D eigenvalue weighted by atomic mass is 10.1. The number of amides is 2. The van der Waals surface area contributed by atoms with Gasteiger partial charge in [0.05, 0.1) is 12.1 Å². The molecule has 1 N–H and O–H groups in total. The van der Waals surface area contributed by atoms with E-state index in [4.69, 9.17) is 0 Å². The Balaban J connectivity index is 1.60. The maximum absolute atomic E-state index is 12.3. The summed E-state index contributed by atoms with van der Waals surface area (Å²) in [5, 5.41) is 3.99. The van der Waals surface area contributed by atoms with Gasteiger partial charge in [0.2, 0.25) is 11.8 Å². The van der Waals surface area contributed by atoms with Crippen molar-refractivity contribution in [3.63, 3.8) is 0 Å². The van der Waals surface area contributed by atoms with Gasteiger partial charge in [-0.05, 0) is 36.8 Å². The van der Waals surface area contributed by atoms with Crippen LogP contribution in [0.2, 0.25) is 0 Å². The molecule has 0 radical (unpaired) electrons. The van der Waals surface area contributed by atoms with Gasteiger partial charge in [-0.3, -0.25) is 9.59 Å². The molecule has 1 heterocycles. The maximum atomic E-state index is 12.3. The molecule has 1 atom stereocenters. The first kappa shape index (κ1) is 17.4. The maximum Gasteiger partial charge on any atom is 0.245 e. The Morgan fingerprint density at radius 3 is 2.76 bits per heavy atom. The van der Waals surface area contributed by atoms with Crippen molar-refractivity contribution in [2.45, 2.75) is 13.3 Å². The summed E-state index contributed by atoms with van der Waals surface area (Å²) in [5.41, 5.74) is 5.36. The van der Waals surface area contributed by atoms with E-state index in [1.165, 1.54) is 0 Å². The molecule has 2 aromatic carbocycles. The number of hydrogen-bond acceptors (Lipinski definition) is 3. The molecule has 0 unspecified atom stereocenters. The Labute approximate surface area is 154 Å². The molecule has 2 aromatic rings. The first-order valence-electron chi connectivity index (χ1n) is 7.98. The Hall–Kier alpha value is -2.47. The van der Waals surface area contributed by atoms with Crippen LogP contribution in [0.4, 0.5) is 5.69 Å². The highest BCUT2D eigenvalue weighted by Crippen LogP contribution is 2.25. The third-order valence-electron chi connectivity index (χ3n) is 4.08. The van der Waals surface area contributed by atoms with E-state index >= 15 is 0 Å². The van der Waals surface area contributed by atoms with Gasteiger partial charge in [0.15, 0.2) is 0 Å². The second-order valence-corrected chi connectivity index (χ2v) is 6.95. The molecule has 5 nitrogen and oxygen atoms in total. The fraction of sp³-hybridized carbons (Fsp3) is 0.211. The van der Waals surface area contributed by atoms with E-state index in [9.17, 15) is 9.59 Å². The van der Waals surface area contributed by atoms with Gasteiger partial charge in [-0.1, -0.05) is 45.8 Å². The van der Waals surface area contributed by atoms with Crippen molar-refractivity contribution in [3.05, 3.63) is 64.1 Å². The molecule has 0 aromatic heterocycles. The summed E-state index contributed by atoms with van der Waals surface area (Å²) in [6.45, 7) is 2.37. The number of hydrazone groups is 1. The van der Waals surface area contributed by atoms with Crippen LogP contribution in [0.3, 0.4) is 0 Å². The molecule has 2 amide bonds. The minimum atomic E-state index is -0.395. The quantitative estimate of drug-likeness (QED) is 0.633. The lowest BCUT2D eigenvalue weighted by molar-refractivity contribution is -0.126. The predicted octanol–water partition coefficient (Wildman–Crippen LogP) is 3.26. The second-order valence-electron chi connectivity index (χ2n) is 6.03. The zero-order valence-electron chi connectivity index (χ0n) is 13.8. The number of carbonyl (C=O) groups excluding carboxylic acids is 2. The van der Waals surface area contributed by atoms with Crippen LogP contribution in [0.1, 0.15) is 17.5 Å². The van der Waals surface area contributed by atoms with E-state index < -0.39 is 5.92 Å². The molecule has 1 aliphatic rings. The average Bonchev–Trinajstić information content (AvgIpc) is 2.97. The normalized spacial score (nSPS) is 17.3. The number of halogens is 1. The number of anilines is 1. The number of rotatable bonds is 4. The first-order chi connectivity index (χ1) is 12.0. The number of nitrogens with one attached hydrogen (secondary N) is 1. The van der Waals surface area contributed by atoms with E-state index in [1.807, 2.05) is 55.5 Å². The second kappa shape index (κ2) is 7.61. The summed E-state index contributed by atoms with van der Waals surface area (Å²) < 4.78 is 0.943. The Kier molecular flexibility index (Phi) is 5.28. The number of benzene rings is 2. The molecule has 0 saturated carbocycles. The van der Waals surface area contributed by atoms with Crippen LogP contribution in [-0.4, -0.2) is 24.6 Å². The van der Waals surface area contributed by atoms with Crippen molar-refractivity contribution < 1.29 is 9.59 Å². The van der Waals surface area contributed by atoms with Crippen molar-refractivity contribution >= 4 is 39.6 Å². The summed E-state index contributed by atoms with van der Waals surface area (Å²) in [5.74, 6) is -0.678. The molecule has 1 fully saturated rings. The van der Waals surface area contributed by atoms with Crippen LogP contribution < -0.4 is 10.3 Å². The predicted molar refractivity (Wildman–Crippen MR) is 102 cm³/mol. The molecular formula is C19H18BrN3O2. The molecule has 3 rings (SSSR count). The Bertz CT molecular complexity index is 818. The van der Waals surface area contributed by atoms with E-state index in [1.54, 1.807) is 11.1 Å². The van der Waals surface area contributed by atoms with Crippen LogP contribution in [0.5, 0.6) is 0 Å². The van der Waals surface area contributed by atoms with Gasteiger partial charge in [-0.2, -0.15) is 5.10 Å². The highest BCUT2D eigenvalue weighted by molar-refractivity contribution is 9.10. The standard InChI is InChI=1S/C19H18BrN3O2/c1-13-5-7-17(8-6-13)23-12-15(10-18(23)24)19(25)22-21-11-14-3-2-4-16(20)9-14/h2-9,11,15H,10,12H2,1H3,(H,22,25)/b21-11-/t15-/m1/s1. The molecule has 0 bridgehead atoms. The lowest BCUT2D eigenvalue weighted by Gasteiger charge is -2.16. The van der Waals surface area contributed by atoms with Crippen molar-refractivity contribution in [2.24, 2.45) is 11.0 Å². The summed E-state index contributed by atoms with van der Waals surface area (Å²) in [7, 11) is 0. The molecule has 0 spiro atoms. The fourth-order valence-electron chi connectivity index (χ4n) is 2.71. The van der Waals surface area contributed by atoms with Crippen LogP contribution >= 0.6 is 15.9 Å². The highest BCUT2D eigenvalue weighted by atomic mass is 79.9. The number of nitrogens with zero attached hydrogens (tertiary/aromatic N) is 2. The van der Waals surface area contributed by atoms with Crippen molar-refractivity contribution in [2.75, 3.05) is 11.4 Å². The van der Waals surface area contributed by atoms with Gasteiger partial charge in [0, 0.05) is 23.1 Å². The summed E-state index contributed by atoms with van der Waals surface area (Å²) in [6, 6.07) is 15.3. The number of hydrogen-bond donors (Lipinski definition) is 1. The van der Waals surface area contributed by atoms with Crippen LogP contribution in [0.15, 0.2) is 58.1 Å². The number of carbonyl (C=O) groups is 2. The van der Waals surface area contributed by atoms with Gasteiger partial charge in [-0.25, -0.2) is 5.43 Å². The largest absolute Gasteiger partial charge is 0.312 e. The van der Waals surface area contributed by atoms with Crippen LogP contribution in [0, 0.1) is 12.8 Å². The molecule has 128 valence electrons. The molecule has 6 heteroatoms. The highest BCUT2D eigenvalue weighted by Gasteiger charge is 2.35. The fourth-order valence-corrected chi connectivity index (χ4v) is 3.12. The van der Waals surface area contributed by atoms with E-state index in [0.29, 0.717) is 6.54 Å². The summed E-state index contributed by atoms with van der Waals surface area (Å²) in [4.78, 5) is 26.1. The summed E-state index contributed by atoms with van der Waals surface area (Å²) >= 11 is 3.38. The van der Waals surface area contributed by atoms with Crippen molar-refractivity contribution in [3.8, 4) is 0 Å². The minimum absolute atomic E-state index is 0.0417. The molecule has 25 heavy (non-hydrogen) atoms. The van der Waals surface area contributed by atoms with Gasteiger partial charge >= 0.3 is 0 Å². The Morgan fingerprint density at radius 1 is 1.28 bits per heavy atom. The lowest BCUT2D eigenvalue weighted by Crippen LogP contribution is -2.30. The smallest absolute Gasteiger partial charge is 0.245 e.